The van der Waals surface area contributed by atoms with Crippen LogP contribution in [0.5, 0.6) is 5.75 Å². The number of hydrogen-bond donors (Lipinski definition) is 2. The molecule has 0 unspecified atom stereocenters. The second kappa shape index (κ2) is 8.35. The van der Waals surface area contributed by atoms with E-state index < -0.39 is 0 Å². The van der Waals surface area contributed by atoms with Gasteiger partial charge in [-0.15, -0.1) is 0 Å². The maximum atomic E-state index is 11.3. The van der Waals surface area contributed by atoms with Gasteiger partial charge in [0, 0.05) is 17.3 Å². The van der Waals surface area contributed by atoms with Crippen LogP contribution in [0.3, 0.4) is 0 Å². The fourth-order valence-corrected chi connectivity index (χ4v) is 3.03. The molecule has 0 saturated carbocycles. The molecule has 4 N–H and O–H groups in total. The summed E-state index contributed by atoms with van der Waals surface area (Å²) in [5.74, 6) is 6.16. The predicted molar refractivity (Wildman–Crippen MR) is 110 cm³/mol. The third kappa shape index (κ3) is 4.01. The van der Waals surface area contributed by atoms with Crippen LogP contribution in [-0.2, 0) is 6.61 Å². The fourth-order valence-electron chi connectivity index (χ4n) is 3.03. The van der Waals surface area contributed by atoms with Crippen molar-refractivity contribution in [1.29, 1.82) is 0 Å². The summed E-state index contributed by atoms with van der Waals surface area (Å²) in [4.78, 5) is 15.6. The molecule has 0 atom stereocenters. The average Bonchev–Trinajstić information content (AvgIpc) is 2.71. The molecule has 0 bridgehead atoms. The van der Waals surface area contributed by atoms with E-state index in [0.29, 0.717) is 23.6 Å². The molecule has 0 aliphatic rings. The molecule has 0 radical (unpaired) electrons. The maximum absolute atomic E-state index is 11.3. The van der Waals surface area contributed by atoms with Crippen molar-refractivity contribution in [3.05, 3.63) is 82.7 Å². The first-order valence-electron chi connectivity index (χ1n) is 8.81. The average molecular weight is 374 g/mol. The molecule has 0 amide bonds. The lowest BCUT2D eigenvalue weighted by atomic mass is 9.98. The minimum absolute atomic E-state index is 0.285. The van der Waals surface area contributed by atoms with Crippen molar-refractivity contribution in [2.24, 2.45) is 16.7 Å². The number of hydrazone groups is 1. The maximum Gasteiger partial charge on any atom is 0.155 e. The van der Waals surface area contributed by atoms with Gasteiger partial charge in [0.25, 0.3) is 0 Å². The summed E-state index contributed by atoms with van der Waals surface area (Å²) in [7, 11) is 0. The highest BCUT2D eigenvalue weighted by molar-refractivity contribution is 6.03. The van der Waals surface area contributed by atoms with Gasteiger partial charge in [-0.2, -0.15) is 5.10 Å². The van der Waals surface area contributed by atoms with Crippen molar-refractivity contribution in [3.8, 4) is 16.9 Å². The van der Waals surface area contributed by atoms with Crippen LogP contribution in [0.25, 0.3) is 11.1 Å². The van der Waals surface area contributed by atoms with Gasteiger partial charge in [0.05, 0.1) is 11.3 Å². The number of carbonyl (C=O) groups is 1. The number of pyridine rings is 1. The monoisotopic (exact) mass is 374 g/mol. The third-order valence-electron chi connectivity index (χ3n) is 4.46. The first-order chi connectivity index (χ1) is 13.5. The van der Waals surface area contributed by atoms with Crippen LogP contribution in [0.1, 0.15) is 32.9 Å². The standard InChI is InChI=1S/C22H22N4O2/c1-14-11-21(20(12-27)15(2)25-14)28-13-16-7-9-17(10-8-16)18-5-3-4-6-19(18)22(23)26-24/h3-12H,13,24H2,1-2H3,(H2,23,26). The van der Waals surface area contributed by atoms with Gasteiger partial charge in [-0.05, 0) is 30.5 Å². The lowest BCUT2D eigenvalue weighted by molar-refractivity contribution is 0.111. The molecular formula is C22H22N4O2. The van der Waals surface area contributed by atoms with Crippen molar-refractivity contribution in [1.82, 2.24) is 4.98 Å². The number of aldehydes is 1. The number of carbonyl (C=O) groups excluding carboxylic acids is 1. The highest BCUT2D eigenvalue weighted by atomic mass is 16.5. The Morgan fingerprint density at radius 1 is 1.14 bits per heavy atom. The Morgan fingerprint density at radius 2 is 1.86 bits per heavy atom. The lowest BCUT2D eigenvalue weighted by Gasteiger charge is -2.12. The van der Waals surface area contributed by atoms with E-state index in [2.05, 4.69) is 10.1 Å². The molecule has 3 rings (SSSR count). The van der Waals surface area contributed by atoms with Gasteiger partial charge in [0.1, 0.15) is 12.4 Å². The quantitative estimate of drug-likeness (QED) is 0.226. The van der Waals surface area contributed by atoms with Crippen LogP contribution in [0.15, 0.2) is 59.7 Å². The van der Waals surface area contributed by atoms with E-state index in [1.807, 2.05) is 55.5 Å². The van der Waals surface area contributed by atoms with E-state index in [9.17, 15) is 4.79 Å². The number of amidine groups is 1. The van der Waals surface area contributed by atoms with Gasteiger partial charge in [-0.1, -0.05) is 48.5 Å². The summed E-state index contributed by atoms with van der Waals surface area (Å²) >= 11 is 0. The van der Waals surface area contributed by atoms with E-state index in [0.717, 1.165) is 34.2 Å². The van der Waals surface area contributed by atoms with Crippen LogP contribution in [0.4, 0.5) is 0 Å². The molecule has 0 aliphatic heterocycles. The Kier molecular flexibility index (Phi) is 5.69. The Hall–Kier alpha value is -3.67. The Morgan fingerprint density at radius 3 is 2.54 bits per heavy atom. The minimum Gasteiger partial charge on any atom is -0.488 e. The molecule has 0 saturated heterocycles. The minimum atomic E-state index is 0.285. The summed E-state index contributed by atoms with van der Waals surface area (Å²) in [6.07, 6.45) is 0.778. The van der Waals surface area contributed by atoms with E-state index >= 15 is 0 Å². The highest BCUT2D eigenvalue weighted by Crippen LogP contribution is 2.25. The number of aryl methyl sites for hydroxylation is 2. The number of aromatic nitrogens is 1. The zero-order chi connectivity index (χ0) is 20.1. The molecule has 2 aromatic carbocycles. The summed E-state index contributed by atoms with van der Waals surface area (Å²) in [5.41, 5.74) is 11.6. The molecule has 0 aliphatic carbocycles. The molecule has 1 heterocycles. The second-order valence-electron chi connectivity index (χ2n) is 6.42. The number of nitrogens with two attached hydrogens (primary N) is 2. The molecule has 6 nitrogen and oxygen atoms in total. The highest BCUT2D eigenvalue weighted by Gasteiger charge is 2.10. The van der Waals surface area contributed by atoms with Gasteiger partial charge in [-0.25, -0.2) is 0 Å². The third-order valence-corrected chi connectivity index (χ3v) is 4.46. The normalized spacial score (nSPS) is 11.3. The van der Waals surface area contributed by atoms with Crippen molar-refractivity contribution in [3.63, 3.8) is 0 Å². The molecule has 0 spiro atoms. The first kappa shape index (κ1) is 19.1. The molecule has 6 heteroatoms. The number of ether oxygens (including phenoxy) is 1. The number of rotatable bonds is 6. The smallest absolute Gasteiger partial charge is 0.155 e. The van der Waals surface area contributed by atoms with Crippen LogP contribution < -0.4 is 16.3 Å². The van der Waals surface area contributed by atoms with Gasteiger partial charge < -0.3 is 16.3 Å². The number of hydrogen-bond acceptors (Lipinski definition) is 5. The number of nitrogens with zero attached hydrogens (tertiary/aromatic N) is 2. The topological polar surface area (TPSA) is 104 Å². The largest absolute Gasteiger partial charge is 0.488 e. The van der Waals surface area contributed by atoms with E-state index in [1.54, 1.807) is 13.0 Å². The molecular weight excluding hydrogens is 352 g/mol. The van der Waals surface area contributed by atoms with Crippen molar-refractivity contribution in [2.45, 2.75) is 20.5 Å². The van der Waals surface area contributed by atoms with Crippen LogP contribution in [0.2, 0.25) is 0 Å². The first-order valence-corrected chi connectivity index (χ1v) is 8.81. The van der Waals surface area contributed by atoms with Crippen LogP contribution in [-0.4, -0.2) is 17.1 Å². The van der Waals surface area contributed by atoms with E-state index in [4.69, 9.17) is 16.3 Å². The van der Waals surface area contributed by atoms with Crippen LogP contribution in [0, 0.1) is 13.8 Å². The van der Waals surface area contributed by atoms with E-state index in [-0.39, 0.29) is 5.84 Å². The van der Waals surface area contributed by atoms with E-state index in [1.165, 1.54) is 0 Å². The number of benzene rings is 2. The molecule has 1 aromatic heterocycles. The molecule has 0 fully saturated rings. The lowest BCUT2D eigenvalue weighted by Crippen LogP contribution is -2.16. The predicted octanol–water partition coefficient (Wildman–Crippen LogP) is 3.34. The Bertz CT molecular complexity index is 1030. The second-order valence-corrected chi connectivity index (χ2v) is 6.42. The van der Waals surface area contributed by atoms with Gasteiger partial charge in [0.15, 0.2) is 12.1 Å². The summed E-state index contributed by atoms with van der Waals surface area (Å²) in [6.45, 7) is 4.02. The van der Waals surface area contributed by atoms with Gasteiger partial charge >= 0.3 is 0 Å². The molecule has 28 heavy (non-hydrogen) atoms. The fraction of sp³-hybridized carbons (Fsp3) is 0.136. The zero-order valence-corrected chi connectivity index (χ0v) is 15.8. The Labute approximate surface area is 163 Å². The SMILES string of the molecule is Cc1cc(OCc2ccc(-c3ccccc3/C(N)=N/N)cc2)c(C=O)c(C)n1. The van der Waals surface area contributed by atoms with Crippen molar-refractivity contribution in [2.75, 3.05) is 0 Å². The summed E-state index contributed by atoms with van der Waals surface area (Å²) in [5, 5.41) is 3.60. The van der Waals surface area contributed by atoms with Crippen LogP contribution >= 0.6 is 0 Å². The molecule has 3 aromatic rings. The zero-order valence-electron chi connectivity index (χ0n) is 15.8. The van der Waals surface area contributed by atoms with Crippen molar-refractivity contribution < 1.29 is 9.53 Å². The van der Waals surface area contributed by atoms with Gasteiger partial charge in [0.2, 0.25) is 0 Å². The molecule has 142 valence electrons. The summed E-state index contributed by atoms with van der Waals surface area (Å²) < 4.78 is 5.87. The van der Waals surface area contributed by atoms with Gasteiger partial charge in [-0.3, -0.25) is 9.78 Å². The Balaban J connectivity index is 1.81. The summed E-state index contributed by atoms with van der Waals surface area (Å²) in [6, 6.07) is 17.4. The van der Waals surface area contributed by atoms with Crippen molar-refractivity contribution >= 4 is 12.1 Å².